The van der Waals surface area contributed by atoms with Crippen LogP contribution in [0.25, 0.3) is 11.0 Å². The molecule has 2 rings (SSSR count). The SMILES string of the molecule is CCOCCOc1cc(C(=O)OC)cc2oc(C)cc12. The molecule has 0 N–H and O–H groups in total. The quantitative estimate of drug-likeness (QED) is 0.600. The van der Waals surface area contributed by atoms with Crippen molar-refractivity contribution in [3.05, 3.63) is 29.5 Å². The van der Waals surface area contributed by atoms with E-state index in [0.717, 1.165) is 11.1 Å². The van der Waals surface area contributed by atoms with Crippen molar-refractivity contribution in [2.45, 2.75) is 13.8 Å². The lowest BCUT2D eigenvalue weighted by molar-refractivity contribution is 0.0600. The predicted molar refractivity (Wildman–Crippen MR) is 74.3 cm³/mol. The Bertz CT molecular complexity index is 600. The highest BCUT2D eigenvalue weighted by atomic mass is 16.5. The van der Waals surface area contributed by atoms with Gasteiger partial charge in [0.05, 0.1) is 24.7 Å². The molecule has 0 amide bonds. The summed E-state index contributed by atoms with van der Waals surface area (Å²) in [5.74, 6) is 0.937. The smallest absolute Gasteiger partial charge is 0.338 e. The summed E-state index contributed by atoms with van der Waals surface area (Å²) >= 11 is 0. The van der Waals surface area contributed by atoms with Crippen LogP contribution in [0.4, 0.5) is 0 Å². The third-order valence-electron chi connectivity index (χ3n) is 2.83. The molecule has 0 radical (unpaired) electrons. The van der Waals surface area contributed by atoms with Gasteiger partial charge in [-0.2, -0.15) is 0 Å². The maximum Gasteiger partial charge on any atom is 0.338 e. The first-order valence-electron chi connectivity index (χ1n) is 6.48. The number of fused-ring (bicyclic) bond motifs is 1. The monoisotopic (exact) mass is 278 g/mol. The Labute approximate surface area is 117 Å². The minimum Gasteiger partial charge on any atom is -0.490 e. The Morgan fingerprint density at radius 3 is 2.75 bits per heavy atom. The first-order chi connectivity index (χ1) is 9.65. The third kappa shape index (κ3) is 3.11. The molecule has 0 aliphatic rings. The fourth-order valence-electron chi connectivity index (χ4n) is 1.94. The van der Waals surface area contributed by atoms with Crippen molar-refractivity contribution in [1.82, 2.24) is 0 Å². The van der Waals surface area contributed by atoms with E-state index >= 15 is 0 Å². The first kappa shape index (κ1) is 14.4. The van der Waals surface area contributed by atoms with Crippen LogP contribution in [0.5, 0.6) is 5.75 Å². The average Bonchev–Trinajstić information content (AvgIpc) is 2.82. The fourth-order valence-corrected chi connectivity index (χ4v) is 1.94. The van der Waals surface area contributed by atoms with Crippen molar-refractivity contribution in [1.29, 1.82) is 0 Å². The van der Waals surface area contributed by atoms with Gasteiger partial charge in [0.25, 0.3) is 0 Å². The van der Waals surface area contributed by atoms with Gasteiger partial charge < -0.3 is 18.6 Å². The van der Waals surface area contributed by atoms with Crippen molar-refractivity contribution in [2.75, 3.05) is 26.9 Å². The van der Waals surface area contributed by atoms with Crippen LogP contribution in [0, 0.1) is 6.92 Å². The number of aryl methyl sites for hydroxylation is 1. The van der Waals surface area contributed by atoms with E-state index < -0.39 is 5.97 Å². The number of esters is 1. The first-order valence-corrected chi connectivity index (χ1v) is 6.48. The van der Waals surface area contributed by atoms with E-state index in [9.17, 15) is 4.79 Å². The lowest BCUT2D eigenvalue weighted by atomic mass is 10.1. The minimum absolute atomic E-state index is 0.403. The van der Waals surface area contributed by atoms with Gasteiger partial charge in [0.15, 0.2) is 0 Å². The number of furan rings is 1. The number of hydrogen-bond donors (Lipinski definition) is 0. The van der Waals surface area contributed by atoms with E-state index in [-0.39, 0.29) is 0 Å². The van der Waals surface area contributed by atoms with Crippen LogP contribution in [-0.2, 0) is 9.47 Å². The summed E-state index contributed by atoms with van der Waals surface area (Å²) in [6.45, 7) is 5.33. The standard InChI is InChI=1S/C15H18O5/c1-4-18-5-6-19-13-8-11(15(16)17-3)9-14-12(13)7-10(2)20-14/h7-9H,4-6H2,1-3H3. The van der Waals surface area contributed by atoms with E-state index in [1.807, 2.05) is 19.9 Å². The van der Waals surface area contributed by atoms with Crippen molar-refractivity contribution in [2.24, 2.45) is 0 Å². The van der Waals surface area contributed by atoms with Crippen LogP contribution >= 0.6 is 0 Å². The van der Waals surface area contributed by atoms with Gasteiger partial charge in [-0.1, -0.05) is 0 Å². The Balaban J connectivity index is 2.31. The van der Waals surface area contributed by atoms with Crippen LogP contribution in [0.3, 0.4) is 0 Å². The van der Waals surface area contributed by atoms with Crippen molar-refractivity contribution in [3.63, 3.8) is 0 Å². The van der Waals surface area contributed by atoms with Crippen LogP contribution in [-0.4, -0.2) is 32.9 Å². The summed E-state index contributed by atoms with van der Waals surface area (Å²) in [6.07, 6.45) is 0. The molecular formula is C15H18O5. The molecule has 0 aliphatic carbocycles. The van der Waals surface area contributed by atoms with Gasteiger partial charge in [0, 0.05) is 6.61 Å². The van der Waals surface area contributed by atoms with Crippen molar-refractivity contribution < 1.29 is 23.4 Å². The van der Waals surface area contributed by atoms with Gasteiger partial charge in [-0.3, -0.25) is 0 Å². The molecule has 1 aromatic carbocycles. The van der Waals surface area contributed by atoms with Gasteiger partial charge in [0.1, 0.15) is 23.7 Å². The predicted octanol–water partition coefficient (Wildman–Crippen LogP) is 2.94. The van der Waals surface area contributed by atoms with Crippen molar-refractivity contribution in [3.8, 4) is 5.75 Å². The van der Waals surface area contributed by atoms with E-state index in [1.165, 1.54) is 7.11 Å². The summed E-state index contributed by atoms with van der Waals surface area (Å²) in [7, 11) is 1.34. The molecular weight excluding hydrogens is 260 g/mol. The Morgan fingerprint density at radius 1 is 1.25 bits per heavy atom. The number of rotatable bonds is 6. The Kier molecular flexibility index (Phi) is 4.63. The van der Waals surface area contributed by atoms with Gasteiger partial charge in [0.2, 0.25) is 0 Å². The van der Waals surface area contributed by atoms with E-state index in [0.29, 0.717) is 36.7 Å². The number of carbonyl (C=O) groups excluding carboxylic acids is 1. The topological polar surface area (TPSA) is 57.9 Å². The molecule has 108 valence electrons. The maximum absolute atomic E-state index is 11.6. The molecule has 0 unspecified atom stereocenters. The second-order valence-corrected chi connectivity index (χ2v) is 4.28. The summed E-state index contributed by atoms with van der Waals surface area (Å²) in [5.41, 5.74) is 1.01. The van der Waals surface area contributed by atoms with Crippen LogP contribution in [0.1, 0.15) is 23.0 Å². The molecule has 1 aromatic heterocycles. The molecule has 0 fully saturated rings. The minimum atomic E-state index is -0.421. The van der Waals surface area contributed by atoms with Crippen LogP contribution in [0.2, 0.25) is 0 Å². The number of ether oxygens (including phenoxy) is 3. The normalized spacial score (nSPS) is 10.8. The zero-order valence-corrected chi connectivity index (χ0v) is 11.9. The van der Waals surface area contributed by atoms with E-state index in [1.54, 1.807) is 12.1 Å². The summed E-state index contributed by atoms with van der Waals surface area (Å²) in [4.78, 5) is 11.6. The lowest BCUT2D eigenvalue weighted by Gasteiger charge is -2.08. The molecule has 0 spiro atoms. The molecule has 0 atom stereocenters. The number of hydrogen-bond acceptors (Lipinski definition) is 5. The molecule has 0 bridgehead atoms. The van der Waals surface area contributed by atoms with E-state index in [4.69, 9.17) is 18.6 Å². The number of benzene rings is 1. The molecule has 0 aliphatic heterocycles. The van der Waals surface area contributed by atoms with Gasteiger partial charge in [-0.25, -0.2) is 4.79 Å². The third-order valence-corrected chi connectivity index (χ3v) is 2.83. The van der Waals surface area contributed by atoms with Gasteiger partial charge in [-0.15, -0.1) is 0 Å². The van der Waals surface area contributed by atoms with E-state index in [2.05, 4.69) is 0 Å². The molecule has 5 heteroatoms. The number of carbonyl (C=O) groups is 1. The molecule has 2 aromatic rings. The number of methoxy groups -OCH3 is 1. The Morgan fingerprint density at radius 2 is 2.05 bits per heavy atom. The lowest BCUT2D eigenvalue weighted by Crippen LogP contribution is -2.07. The molecule has 0 saturated heterocycles. The van der Waals surface area contributed by atoms with Crippen LogP contribution < -0.4 is 4.74 Å². The average molecular weight is 278 g/mol. The van der Waals surface area contributed by atoms with Gasteiger partial charge >= 0.3 is 5.97 Å². The molecule has 5 nitrogen and oxygen atoms in total. The van der Waals surface area contributed by atoms with Gasteiger partial charge in [-0.05, 0) is 32.0 Å². The largest absolute Gasteiger partial charge is 0.490 e. The highest BCUT2D eigenvalue weighted by Crippen LogP contribution is 2.30. The second kappa shape index (κ2) is 6.43. The summed E-state index contributed by atoms with van der Waals surface area (Å²) in [6, 6.07) is 5.20. The van der Waals surface area contributed by atoms with Crippen LogP contribution in [0.15, 0.2) is 22.6 Å². The fraction of sp³-hybridized carbons (Fsp3) is 0.400. The van der Waals surface area contributed by atoms with Crippen molar-refractivity contribution >= 4 is 16.9 Å². The highest BCUT2D eigenvalue weighted by molar-refractivity contribution is 5.96. The summed E-state index contributed by atoms with van der Waals surface area (Å²) in [5, 5.41) is 0.839. The second-order valence-electron chi connectivity index (χ2n) is 4.28. The highest BCUT2D eigenvalue weighted by Gasteiger charge is 2.14. The molecule has 0 saturated carbocycles. The maximum atomic E-state index is 11.6. The zero-order valence-electron chi connectivity index (χ0n) is 11.9. The zero-order chi connectivity index (χ0) is 14.5. The Hall–Kier alpha value is -2.01. The molecule has 1 heterocycles. The summed E-state index contributed by atoms with van der Waals surface area (Å²) < 4.78 is 21.2. The molecule has 20 heavy (non-hydrogen) atoms.